The number of hydrogen-bond donors (Lipinski definition) is 2. The van der Waals surface area contributed by atoms with Crippen LogP contribution in [0.15, 0.2) is 24.4 Å². The van der Waals surface area contributed by atoms with Gasteiger partial charge in [0.25, 0.3) is 0 Å². The van der Waals surface area contributed by atoms with Gasteiger partial charge in [-0.15, -0.1) is 0 Å². The minimum absolute atomic E-state index is 0.0455. The molecule has 3 rings (SSSR count). The third-order valence-corrected chi connectivity index (χ3v) is 5.93. The van der Waals surface area contributed by atoms with Gasteiger partial charge in [0.15, 0.2) is 0 Å². The van der Waals surface area contributed by atoms with Gasteiger partial charge < -0.3 is 10.2 Å². The zero-order chi connectivity index (χ0) is 18.9. The second kappa shape index (κ2) is 7.16. The molecule has 1 saturated carbocycles. The summed E-state index contributed by atoms with van der Waals surface area (Å²) in [7, 11) is 0. The molecule has 6 nitrogen and oxygen atoms in total. The second-order valence-electron chi connectivity index (χ2n) is 8.74. The Labute approximate surface area is 155 Å². The molecule has 2 fully saturated rings. The van der Waals surface area contributed by atoms with Crippen LogP contribution in [-0.2, 0) is 5.60 Å². The number of rotatable bonds is 3. The molecule has 0 spiro atoms. The Kier molecular flexibility index (Phi) is 5.26. The summed E-state index contributed by atoms with van der Waals surface area (Å²) in [5.74, 6) is 0. The van der Waals surface area contributed by atoms with E-state index in [1.54, 1.807) is 11.1 Å². The average Bonchev–Trinajstić information content (AvgIpc) is 3.04. The SMILES string of the molecule is CC(C)(C)N(C(=O)O)[C@@H]1CCN([C@H]2CC[C@](O)(c3ccccn3)CC2)C1. The van der Waals surface area contributed by atoms with Crippen molar-refractivity contribution in [2.45, 2.75) is 76.1 Å². The van der Waals surface area contributed by atoms with Gasteiger partial charge in [-0.2, -0.15) is 0 Å². The lowest BCUT2D eigenvalue weighted by Crippen LogP contribution is -2.52. The highest BCUT2D eigenvalue weighted by Crippen LogP contribution is 2.39. The topological polar surface area (TPSA) is 76.9 Å². The average molecular weight is 361 g/mol. The van der Waals surface area contributed by atoms with Crippen molar-refractivity contribution >= 4 is 6.09 Å². The first-order chi connectivity index (χ1) is 12.2. The minimum Gasteiger partial charge on any atom is -0.465 e. The van der Waals surface area contributed by atoms with Crippen molar-refractivity contribution in [1.29, 1.82) is 0 Å². The smallest absolute Gasteiger partial charge is 0.408 e. The number of carboxylic acid groups (broad SMARTS) is 1. The summed E-state index contributed by atoms with van der Waals surface area (Å²) in [6.45, 7) is 7.58. The fourth-order valence-electron chi connectivity index (χ4n) is 4.64. The van der Waals surface area contributed by atoms with Gasteiger partial charge in [0.1, 0.15) is 5.60 Å². The summed E-state index contributed by atoms with van der Waals surface area (Å²) < 4.78 is 0. The summed E-state index contributed by atoms with van der Waals surface area (Å²) in [4.78, 5) is 20.1. The molecule has 0 aromatic carbocycles. The molecule has 0 radical (unpaired) electrons. The molecule has 0 unspecified atom stereocenters. The Hall–Kier alpha value is -1.66. The standard InChI is InChI=1S/C20H31N3O3/c1-19(2,3)23(18(24)25)16-9-13-22(14-16)15-7-10-20(26,11-8-15)17-6-4-5-12-21-17/h4-6,12,15-16,26H,7-11,13-14H2,1-3H3,(H,24,25)/t15-,16-,20+/m1/s1. The van der Waals surface area contributed by atoms with Crippen LogP contribution in [-0.4, -0.2) is 61.8 Å². The lowest BCUT2D eigenvalue weighted by molar-refractivity contribution is -0.0266. The normalized spacial score (nSPS) is 30.3. The summed E-state index contributed by atoms with van der Waals surface area (Å²) in [5.41, 5.74) is -0.448. The Morgan fingerprint density at radius 2 is 1.96 bits per heavy atom. The number of aromatic nitrogens is 1. The highest BCUT2D eigenvalue weighted by molar-refractivity contribution is 5.66. The maximum absolute atomic E-state index is 11.7. The predicted octanol–water partition coefficient (Wildman–Crippen LogP) is 3.06. The van der Waals surface area contributed by atoms with E-state index in [9.17, 15) is 15.0 Å². The van der Waals surface area contributed by atoms with Gasteiger partial charge >= 0.3 is 6.09 Å². The molecule has 1 aliphatic carbocycles. The van der Waals surface area contributed by atoms with E-state index in [2.05, 4.69) is 9.88 Å². The van der Waals surface area contributed by atoms with Crippen LogP contribution in [0.4, 0.5) is 4.79 Å². The van der Waals surface area contributed by atoms with Crippen molar-refractivity contribution < 1.29 is 15.0 Å². The molecule has 2 N–H and O–H groups in total. The first kappa shape index (κ1) is 19.1. The highest BCUT2D eigenvalue weighted by atomic mass is 16.4. The Morgan fingerprint density at radius 3 is 2.50 bits per heavy atom. The van der Waals surface area contributed by atoms with Crippen LogP contribution in [0.3, 0.4) is 0 Å². The molecular formula is C20H31N3O3. The van der Waals surface area contributed by atoms with E-state index in [1.807, 2.05) is 39.0 Å². The third kappa shape index (κ3) is 3.86. The molecule has 26 heavy (non-hydrogen) atoms. The number of hydrogen-bond acceptors (Lipinski definition) is 4. The van der Waals surface area contributed by atoms with E-state index in [0.29, 0.717) is 18.9 Å². The van der Waals surface area contributed by atoms with Crippen molar-refractivity contribution in [2.75, 3.05) is 13.1 Å². The van der Waals surface area contributed by atoms with Gasteiger partial charge in [0.2, 0.25) is 0 Å². The van der Waals surface area contributed by atoms with Crippen LogP contribution in [0.25, 0.3) is 0 Å². The molecule has 2 aliphatic rings. The maximum Gasteiger partial charge on any atom is 0.408 e. The van der Waals surface area contributed by atoms with Crippen LogP contribution in [0, 0.1) is 0 Å². The van der Waals surface area contributed by atoms with E-state index in [4.69, 9.17) is 0 Å². The monoisotopic (exact) mass is 361 g/mol. The van der Waals surface area contributed by atoms with Crippen molar-refractivity contribution in [3.63, 3.8) is 0 Å². The molecule has 144 valence electrons. The molecule has 1 atom stereocenters. The number of nitrogens with zero attached hydrogens (tertiary/aromatic N) is 3. The van der Waals surface area contributed by atoms with E-state index < -0.39 is 17.2 Å². The molecule has 1 aliphatic heterocycles. The van der Waals surface area contributed by atoms with E-state index in [-0.39, 0.29) is 6.04 Å². The number of aliphatic hydroxyl groups is 1. The lowest BCUT2D eigenvalue weighted by Gasteiger charge is -2.40. The van der Waals surface area contributed by atoms with Crippen LogP contribution in [0.2, 0.25) is 0 Å². The highest BCUT2D eigenvalue weighted by Gasteiger charge is 2.42. The predicted molar refractivity (Wildman–Crippen MR) is 100.0 cm³/mol. The molecule has 1 amide bonds. The largest absolute Gasteiger partial charge is 0.465 e. The van der Waals surface area contributed by atoms with Crippen LogP contribution in [0.1, 0.15) is 58.6 Å². The van der Waals surface area contributed by atoms with Crippen molar-refractivity contribution in [2.24, 2.45) is 0 Å². The summed E-state index contributed by atoms with van der Waals surface area (Å²) in [6.07, 6.45) is 5.03. The molecular weight excluding hydrogens is 330 g/mol. The van der Waals surface area contributed by atoms with Crippen molar-refractivity contribution in [1.82, 2.24) is 14.8 Å². The van der Waals surface area contributed by atoms with Gasteiger partial charge in [-0.3, -0.25) is 14.8 Å². The Morgan fingerprint density at radius 1 is 1.27 bits per heavy atom. The third-order valence-electron chi connectivity index (χ3n) is 5.93. The molecule has 0 bridgehead atoms. The van der Waals surface area contributed by atoms with Crippen LogP contribution in [0.5, 0.6) is 0 Å². The summed E-state index contributed by atoms with van der Waals surface area (Å²) in [5, 5.41) is 20.6. The Bertz CT molecular complexity index is 621. The van der Waals surface area contributed by atoms with Gasteiger partial charge in [-0.25, -0.2) is 4.79 Å². The quantitative estimate of drug-likeness (QED) is 0.865. The zero-order valence-corrected chi connectivity index (χ0v) is 16.1. The molecule has 1 aromatic rings. The van der Waals surface area contributed by atoms with Gasteiger partial charge in [0.05, 0.1) is 5.69 Å². The first-order valence-corrected chi connectivity index (χ1v) is 9.61. The number of pyridine rings is 1. The Balaban J connectivity index is 1.60. The fraction of sp³-hybridized carbons (Fsp3) is 0.700. The van der Waals surface area contributed by atoms with Crippen LogP contribution >= 0.6 is 0 Å². The lowest BCUT2D eigenvalue weighted by atomic mass is 9.79. The van der Waals surface area contributed by atoms with Gasteiger partial charge in [-0.05, 0) is 65.0 Å². The van der Waals surface area contributed by atoms with E-state index in [0.717, 1.165) is 38.0 Å². The number of carbonyl (C=O) groups is 1. The summed E-state index contributed by atoms with van der Waals surface area (Å²) >= 11 is 0. The van der Waals surface area contributed by atoms with Crippen LogP contribution < -0.4 is 0 Å². The van der Waals surface area contributed by atoms with E-state index in [1.165, 1.54) is 0 Å². The van der Waals surface area contributed by atoms with Crippen molar-refractivity contribution in [3.8, 4) is 0 Å². The fourth-order valence-corrected chi connectivity index (χ4v) is 4.64. The van der Waals surface area contributed by atoms with E-state index >= 15 is 0 Å². The number of likely N-dealkylation sites (tertiary alicyclic amines) is 1. The van der Waals surface area contributed by atoms with Gasteiger partial charge in [-0.1, -0.05) is 6.07 Å². The molecule has 6 heteroatoms. The maximum atomic E-state index is 11.7. The van der Waals surface area contributed by atoms with Crippen molar-refractivity contribution in [3.05, 3.63) is 30.1 Å². The second-order valence-corrected chi connectivity index (χ2v) is 8.74. The zero-order valence-electron chi connectivity index (χ0n) is 16.1. The van der Waals surface area contributed by atoms with Gasteiger partial charge in [0, 0.05) is 36.9 Å². The molecule has 1 saturated heterocycles. The minimum atomic E-state index is -0.836. The first-order valence-electron chi connectivity index (χ1n) is 9.61. The summed E-state index contributed by atoms with van der Waals surface area (Å²) in [6, 6.07) is 6.15. The number of amides is 1. The molecule has 2 heterocycles. The molecule has 1 aromatic heterocycles.